The van der Waals surface area contributed by atoms with E-state index in [4.69, 9.17) is 4.74 Å². The van der Waals surface area contributed by atoms with E-state index in [9.17, 15) is 16.8 Å². The molecule has 1 aliphatic rings. The van der Waals surface area contributed by atoms with Gasteiger partial charge in [0.2, 0.25) is 20.0 Å². The van der Waals surface area contributed by atoms with Gasteiger partial charge < -0.3 is 4.74 Å². The average Bonchev–Trinajstić information content (AvgIpc) is 2.72. The van der Waals surface area contributed by atoms with Crippen molar-refractivity contribution in [2.24, 2.45) is 0 Å². The van der Waals surface area contributed by atoms with Crippen molar-refractivity contribution in [1.29, 1.82) is 0 Å². The van der Waals surface area contributed by atoms with E-state index in [0.717, 1.165) is 29.7 Å². The number of aryl methyl sites for hydroxylation is 2. The van der Waals surface area contributed by atoms with Gasteiger partial charge in [0, 0.05) is 6.54 Å². The van der Waals surface area contributed by atoms with Gasteiger partial charge in [0.05, 0.1) is 30.0 Å². The van der Waals surface area contributed by atoms with Crippen LogP contribution < -0.4 is 13.8 Å². The van der Waals surface area contributed by atoms with Gasteiger partial charge in [-0.3, -0.25) is 9.03 Å². The van der Waals surface area contributed by atoms with E-state index in [0.29, 0.717) is 24.3 Å². The first-order chi connectivity index (χ1) is 13.7. The van der Waals surface area contributed by atoms with Crippen LogP contribution in [0, 0.1) is 0 Å². The predicted molar refractivity (Wildman–Crippen MR) is 116 cm³/mol. The monoisotopic (exact) mass is 438 g/mol. The number of ether oxygens (including phenoxy) is 1. The maximum atomic E-state index is 12.5. The molecule has 7 nitrogen and oxygen atoms in total. The number of hydrogen-bond donors (Lipinski definition) is 1. The van der Waals surface area contributed by atoms with E-state index in [1.807, 2.05) is 12.1 Å². The molecule has 0 spiro atoms. The van der Waals surface area contributed by atoms with E-state index in [-0.39, 0.29) is 11.5 Å². The standard InChI is InChI=1S/C20H26N2O5S2/c1-3-29(25,26)22-13-4-5-17-8-9-18(15-20(17)22)21-28(23,24)14-12-16-6-10-19(27-2)11-7-16/h6-11,15,21H,3-5,12-14H2,1-2H3. The SMILES string of the molecule is CCS(=O)(=O)N1CCCc2ccc(NS(=O)(=O)CCc3ccc(OC)cc3)cc21. The summed E-state index contributed by atoms with van der Waals surface area (Å²) in [6.07, 6.45) is 1.88. The minimum Gasteiger partial charge on any atom is -0.497 e. The number of hydrogen-bond acceptors (Lipinski definition) is 5. The predicted octanol–water partition coefficient (Wildman–Crippen LogP) is 2.78. The first-order valence-corrected chi connectivity index (χ1v) is 12.8. The van der Waals surface area contributed by atoms with Gasteiger partial charge >= 0.3 is 0 Å². The van der Waals surface area contributed by atoms with Gasteiger partial charge in [-0.1, -0.05) is 18.2 Å². The smallest absolute Gasteiger partial charge is 0.234 e. The van der Waals surface area contributed by atoms with Crippen LogP contribution >= 0.6 is 0 Å². The van der Waals surface area contributed by atoms with E-state index >= 15 is 0 Å². The highest BCUT2D eigenvalue weighted by Gasteiger charge is 2.26. The zero-order chi connectivity index (χ0) is 21.1. The third kappa shape index (κ3) is 5.22. The van der Waals surface area contributed by atoms with Crippen LogP contribution in [0.3, 0.4) is 0 Å². The number of sulfonamides is 2. The molecule has 1 aliphatic heterocycles. The normalized spacial score (nSPS) is 14.3. The number of rotatable bonds is 8. The van der Waals surface area contributed by atoms with Crippen molar-refractivity contribution in [2.75, 3.05) is 34.2 Å². The van der Waals surface area contributed by atoms with Crippen molar-refractivity contribution in [1.82, 2.24) is 0 Å². The van der Waals surface area contributed by atoms with Gasteiger partial charge in [-0.05, 0) is 61.6 Å². The Balaban J connectivity index is 1.74. The fourth-order valence-corrected chi connectivity index (χ4v) is 5.61. The number of nitrogens with zero attached hydrogens (tertiary/aromatic N) is 1. The second kappa shape index (κ2) is 8.62. The summed E-state index contributed by atoms with van der Waals surface area (Å²) in [4.78, 5) is 0. The maximum Gasteiger partial charge on any atom is 0.234 e. The molecule has 0 saturated carbocycles. The van der Waals surface area contributed by atoms with Gasteiger partial charge in [0.25, 0.3) is 0 Å². The Morgan fingerprint density at radius 2 is 1.79 bits per heavy atom. The quantitative estimate of drug-likeness (QED) is 0.684. The lowest BCUT2D eigenvalue weighted by atomic mass is 10.0. The van der Waals surface area contributed by atoms with Crippen molar-refractivity contribution in [3.63, 3.8) is 0 Å². The first-order valence-electron chi connectivity index (χ1n) is 9.51. The Morgan fingerprint density at radius 3 is 2.45 bits per heavy atom. The molecule has 1 N–H and O–H groups in total. The molecule has 29 heavy (non-hydrogen) atoms. The van der Waals surface area contributed by atoms with Gasteiger partial charge in [0.1, 0.15) is 5.75 Å². The third-order valence-corrected chi connectivity index (χ3v) is 8.02. The molecule has 0 radical (unpaired) electrons. The van der Waals surface area contributed by atoms with Gasteiger partial charge in [-0.25, -0.2) is 16.8 Å². The highest BCUT2D eigenvalue weighted by molar-refractivity contribution is 7.93. The molecule has 0 saturated heterocycles. The lowest BCUT2D eigenvalue weighted by Crippen LogP contribution is -2.36. The fourth-order valence-electron chi connectivity index (χ4n) is 3.32. The number of anilines is 2. The minimum atomic E-state index is -3.58. The van der Waals surface area contributed by atoms with Crippen molar-refractivity contribution < 1.29 is 21.6 Å². The second-order valence-corrected chi connectivity index (χ2v) is 11.0. The van der Waals surface area contributed by atoms with Crippen molar-refractivity contribution >= 4 is 31.4 Å². The lowest BCUT2D eigenvalue weighted by Gasteiger charge is -2.30. The molecule has 0 aliphatic carbocycles. The third-order valence-electron chi connectivity index (χ3n) is 4.95. The van der Waals surface area contributed by atoms with Crippen molar-refractivity contribution in [3.05, 3.63) is 53.6 Å². The first kappa shape index (κ1) is 21.4. The van der Waals surface area contributed by atoms with Crippen molar-refractivity contribution in [3.8, 4) is 5.75 Å². The molecular weight excluding hydrogens is 412 g/mol. The molecule has 0 bridgehead atoms. The summed E-state index contributed by atoms with van der Waals surface area (Å²) >= 11 is 0. The summed E-state index contributed by atoms with van der Waals surface area (Å²) in [6, 6.07) is 12.4. The molecule has 0 atom stereocenters. The molecule has 9 heteroatoms. The summed E-state index contributed by atoms with van der Waals surface area (Å²) in [5, 5.41) is 0. The zero-order valence-electron chi connectivity index (χ0n) is 16.6. The van der Waals surface area contributed by atoms with Gasteiger partial charge in [0.15, 0.2) is 0 Å². The number of methoxy groups -OCH3 is 1. The van der Waals surface area contributed by atoms with Crippen LogP contribution in [0.1, 0.15) is 24.5 Å². The fraction of sp³-hybridized carbons (Fsp3) is 0.400. The van der Waals surface area contributed by atoms with Crippen LogP contribution in [0.25, 0.3) is 0 Å². The lowest BCUT2D eigenvalue weighted by molar-refractivity contribution is 0.414. The summed E-state index contributed by atoms with van der Waals surface area (Å²) in [5.74, 6) is 0.646. The Labute approximate surface area is 172 Å². The molecule has 0 fully saturated rings. The Bertz CT molecular complexity index is 1060. The summed E-state index contributed by atoms with van der Waals surface area (Å²) < 4.78 is 58.9. The second-order valence-electron chi connectivity index (χ2n) is 6.94. The van der Waals surface area contributed by atoms with E-state index in [1.165, 1.54) is 4.31 Å². The summed E-state index contributed by atoms with van der Waals surface area (Å²) in [7, 11) is -5.41. The number of benzene rings is 2. The van der Waals surface area contributed by atoms with E-state index in [1.54, 1.807) is 44.4 Å². The maximum absolute atomic E-state index is 12.5. The Hall–Kier alpha value is -2.26. The molecular formula is C20H26N2O5S2. The Kier molecular flexibility index (Phi) is 6.38. The molecule has 0 aromatic heterocycles. The highest BCUT2D eigenvalue weighted by Crippen LogP contribution is 2.32. The van der Waals surface area contributed by atoms with Crippen LogP contribution in [0.4, 0.5) is 11.4 Å². The van der Waals surface area contributed by atoms with E-state index in [2.05, 4.69) is 4.72 Å². The number of nitrogens with one attached hydrogen (secondary N) is 1. The molecule has 1 heterocycles. The van der Waals surface area contributed by atoms with Crippen LogP contribution in [0.2, 0.25) is 0 Å². The molecule has 2 aromatic rings. The van der Waals surface area contributed by atoms with Gasteiger partial charge in [-0.2, -0.15) is 0 Å². The molecule has 158 valence electrons. The molecule has 0 unspecified atom stereocenters. The summed E-state index contributed by atoms with van der Waals surface area (Å²) in [6.45, 7) is 2.02. The van der Waals surface area contributed by atoms with Gasteiger partial charge in [-0.15, -0.1) is 0 Å². The molecule has 2 aromatic carbocycles. The minimum absolute atomic E-state index is 0.00422. The van der Waals surface area contributed by atoms with E-state index < -0.39 is 20.0 Å². The summed E-state index contributed by atoms with van der Waals surface area (Å²) in [5.41, 5.74) is 2.74. The molecule has 0 amide bonds. The average molecular weight is 439 g/mol. The van der Waals surface area contributed by atoms with Crippen molar-refractivity contribution in [2.45, 2.75) is 26.2 Å². The zero-order valence-corrected chi connectivity index (χ0v) is 18.2. The molecule has 3 rings (SSSR count). The largest absolute Gasteiger partial charge is 0.497 e. The van der Waals surface area contributed by atoms with Crippen LogP contribution in [0.15, 0.2) is 42.5 Å². The number of fused-ring (bicyclic) bond motifs is 1. The highest BCUT2D eigenvalue weighted by atomic mass is 32.2. The Morgan fingerprint density at radius 1 is 1.07 bits per heavy atom. The van der Waals surface area contributed by atoms with Crippen LogP contribution in [-0.4, -0.2) is 42.0 Å². The van der Waals surface area contributed by atoms with Crippen LogP contribution in [0.5, 0.6) is 5.75 Å². The topological polar surface area (TPSA) is 92.8 Å². The van der Waals surface area contributed by atoms with Crippen LogP contribution in [-0.2, 0) is 32.9 Å².